The molecule has 5 heteroatoms. The van der Waals surface area contributed by atoms with Crippen LogP contribution in [0.5, 0.6) is 0 Å². The largest absolute Gasteiger partial charge is 0.385 e. The Morgan fingerprint density at radius 2 is 1.95 bits per heavy atom. The van der Waals surface area contributed by atoms with Crippen molar-refractivity contribution in [2.24, 2.45) is 11.8 Å². The number of unbranched alkanes of at least 4 members (excludes halogenated alkanes) is 1. The molecule has 21 heavy (non-hydrogen) atoms. The Labute approximate surface area is 126 Å². The van der Waals surface area contributed by atoms with Gasteiger partial charge in [0.2, 0.25) is 11.8 Å². The smallest absolute Gasteiger partial charge is 0.246 e. The molecule has 5 nitrogen and oxygen atoms in total. The van der Waals surface area contributed by atoms with Crippen LogP contribution in [-0.2, 0) is 14.3 Å². The molecule has 1 N–H and O–H groups in total. The number of hydrogen-bond acceptors (Lipinski definition) is 3. The number of piperazine rings is 1. The van der Waals surface area contributed by atoms with Crippen LogP contribution in [0.2, 0.25) is 0 Å². The standard InChI is InChI=1S/C16H26N2O3/c1-16(12-7-8-12)15(20)17-13(11-5-6-11)14(19)18(16)9-3-4-10-21-2/h11-13H,3-10H2,1-2H3,(H,17,20). The number of rotatable bonds is 7. The Bertz CT molecular complexity index is 431. The van der Waals surface area contributed by atoms with Crippen LogP contribution in [0.25, 0.3) is 0 Å². The van der Waals surface area contributed by atoms with E-state index in [-0.39, 0.29) is 17.9 Å². The quantitative estimate of drug-likeness (QED) is 0.720. The molecule has 3 fully saturated rings. The van der Waals surface area contributed by atoms with Gasteiger partial charge >= 0.3 is 0 Å². The molecule has 1 aliphatic heterocycles. The molecule has 1 saturated heterocycles. The van der Waals surface area contributed by atoms with Crippen molar-refractivity contribution in [3.05, 3.63) is 0 Å². The minimum Gasteiger partial charge on any atom is -0.385 e. The summed E-state index contributed by atoms with van der Waals surface area (Å²) in [5.74, 6) is 0.910. The lowest BCUT2D eigenvalue weighted by molar-refractivity contribution is -0.158. The first-order valence-corrected chi connectivity index (χ1v) is 8.20. The predicted octanol–water partition coefficient (Wildman–Crippen LogP) is 1.32. The lowest BCUT2D eigenvalue weighted by atomic mass is 9.87. The zero-order valence-corrected chi connectivity index (χ0v) is 13.1. The summed E-state index contributed by atoms with van der Waals surface area (Å²) in [4.78, 5) is 27.4. The van der Waals surface area contributed by atoms with Gasteiger partial charge in [-0.15, -0.1) is 0 Å². The molecule has 0 bridgehead atoms. The van der Waals surface area contributed by atoms with Gasteiger partial charge in [0.25, 0.3) is 0 Å². The van der Waals surface area contributed by atoms with E-state index in [1.54, 1.807) is 7.11 Å². The van der Waals surface area contributed by atoms with E-state index in [1.807, 2.05) is 11.8 Å². The summed E-state index contributed by atoms with van der Waals surface area (Å²) in [6.07, 6.45) is 6.06. The average Bonchev–Trinajstić information content (AvgIpc) is 3.32. The first kappa shape index (κ1) is 14.8. The van der Waals surface area contributed by atoms with Gasteiger partial charge in [-0.05, 0) is 57.3 Å². The van der Waals surface area contributed by atoms with Crippen LogP contribution in [0.3, 0.4) is 0 Å². The van der Waals surface area contributed by atoms with Gasteiger partial charge in [0.15, 0.2) is 0 Å². The van der Waals surface area contributed by atoms with Crippen molar-refractivity contribution in [1.82, 2.24) is 10.2 Å². The highest BCUT2D eigenvalue weighted by Crippen LogP contribution is 2.46. The number of methoxy groups -OCH3 is 1. The summed E-state index contributed by atoms with van der Waals surface area (Å²) < 4.78 is 5.08. The van der Waals surface area contributed by atoms with Gasteiger partial charge in [0.05, 0.1) is 0 Å². The van der Waals surface area contributed by atoms with Gasteiger partial charge in [0, 0.05) is 20.3 Å². The van der Waals surface area contributed by atoms with E-state index in [1.165, 1.54) is 0 Å². The van der Waals surface area contributed by atoms with Gasteiger partial charge in [0.1, 0.15) is 11.6 Å². The summed E-state index contributed by atoms with van der Waals surface area (Å²) in [7, 11) is 1.69. The van der Waals surface area contributed by atoms with E-state index in [9.17, 15) is 9.59 Å². The highest BCUT2D eigenvalue weighted by Gasteiger charge is 2.58. The summed E-state index contributed by atoms with van der Waals surface area (Å²) in [6, 6.07) is -0.272. The second kappa shape index (κ2) is 5.59. The number of carbonyl (C=O) groups is 2. The van der Waals surface area contributed by atoms with Gasteiger partial charge in [-0.1, -0.05) is 0 Å². The van der Waals surface area contributed by atoms with Crippen LogP contribution in [0.15, 0.2) is 0 Å². The summed E-state index contributed by atoms with van der Waals surface area (Å²) in [5.41, 5.74) is -0.629. The van der Waals surface area contributed by atoms with Crippen LogP contribution < -0.4 is 5.32 Å². The monoisotopic (exact) mass is 294 g/mol. The van der Waals surface area contributed by atoms with Crippen molar-refractivity contribution in [3.63, 3.8) is 0 Å². The van der Waals surface area contributed by atoms with Crippen molar-refractivity contribution in [2.75, 3.05) is 20.3 Å². The third kappa shape index (κ3) is 2.68. The highest BCUT2D eigenvalue weighted by atomic mass is 16.5. The second-order valence-corrected chi connectivity index (χ2v) is 6.90. The molecule has 2 amide bonds. The molecule has 0 spiro atoms. The molecule has 118 valence electrons. The Balaban J connectivity index is 1.74. The van der Waals surface area contributed by atoms with Gasteiger partial charge in [-0.2, -0.15) is 0 Å². The van der Waals surface area contributed by atoms with Gasteiger partial charge in [-0.25, -0.2) is 0 Å². The van der Waals surface area contributed by atoms with Crippen molar-refractivity contribution in [2.45, 2.75) is 57.0 Å². The Morgan fingerprint density at radius 3 is 2.52 bits per heavy atom. The van der Waals surface area contributed by atoms with E-state index < -0.39 is 5.54 Å². The molecule has 0 radical (unpaired) electrons. The number of nitrogens with zero attached hydrogens (tertiary/aromatic N) is 1. The number of ether oxygens (including phenoxy) is 1. The second-order valence-electron chi connectivity index (χ2n) is 6.90. The number of hydrogen-bond donors (Lipinski definition) is 1. The summed E-state index contributed by atoms with van der Waals surface area (Å²) >= 11 is 0. The zero-order chi connectivity index (χ0) is 15.0. The number of amides is 2. The average molecular weight is 294 g/mol. The summed E-state index contributed by atoms with van der Waals surface area (Å²) in [5, 5.41) is 3.02. The lowest BCUT2D eigenvalue weighted by Crippen LogP contribution is -2.71. The third-order valence-electron chi connectivity index (χ3n) is 5.28. The van der Waals surface area contributed by atoms with Crippen LogP contribution in [-0.4, -0.2) is 48.6 Å². The minimum atomic E-state index is -0.629. The molecule has 2 aliphatic carbocycles. The molecule has 0 aromatic rings. The summed E-state index contributed by atoms with van der Waals surface area (Å²) in [6.45, 7) is 3.34. The third-order valence-corrected chi connectivity index (χ3v) is 5.28. The SMILES string of the molecule is COCCCCN1C(=O)C(C2CC2)NC(=O)C1(C)C1CC1. The normalized spacial score (nSPS) is 33.2. The highest BCUT2D eigenvalue weighted by molar-refractivity contribution is 6.00. The van der Waals surface area contributed by atoms with Gasteiger partial charge < -0.3 is 15.0 Å². The number of carbonyl (C=O) groups excluding carboxylic acids is 2. The van der Waals surface area contributed by atoms with Crippen molar-refractivity contribution in [3.8, 4) is 0 Å². The van der Waals surface area contributed by atoms with E-state index in [0.717, 1.165) is 38.5 Å². The molecular formula is C16H26N2O3. The van der Waals surface area contributed by atoms with Crippen molar-refractivity contribution in [1.29, 1.82) is 0 Å². The lowest BCUT2D eigenvalue weighted by Gasteiger charge is -2.47. The molecule has 0 aromatic heterocycles. The topological polar surface area (TPSA) is 58.6 Å². The maximum absolute atomic E-state index is 12.8. The van der Waals surface area contributed by atoms with Gasteiger partial charge in [-0.3, -0.25) is 9.59 Å². The maximum Gasteiger partial charge on any atom is 0.246 e. The Kier molecular flexibility index (Phi) is 3.95. The van der Waals surface area contributed by atoms with Crippen molar-refractivity contribution < 1.29 is 14.3 Å². The Morgan fingerprint density at radius 1 is 1.24 bits per heavy atom. The molecule has 2 unspecified atom stereocenters. The van der Waals surface area contributed by atoms with E-state index in [0.29, 0.717) is 25.0 Å². The van der Waals surface area contributed by atoms with E-state index >= 15 is 0 Å². The fourth-order valence-corrected chi connectivity index (χ4v) is 3.53. The fourth-order valence-electron chi connectivity index (χ4n) is 3.53. The first-order chi connectivity index (χ1) is 10.1. The molecule has 0 aromatic carbocycles. The van der Waals surface area contributed by atoms with Crippen LogP contribution in [0.1, 0.15) is 45.4 Å². The van der Waals surface area contributed by atoms with Crippen LogP contribution in [0.4, 0.5) is 0 Å². The fraction of sp³-hybridized carbons (Fsp3) is 0.875. The number of nitrogens with one attached hydrogen (secondary N) is 1. The Hall–Kier alpha value is -1.10. The van der Waals surface area contributed by atoms with Crippen LogP contribution in [0, 0.1) is 11.8 Å². The zero-order valence-electron chi connectivity index (χ0n) is 13.1. The molecule has 3 aliphatic rings. The molecule has 2 saturated carbocycles. The van der Waals surface area contributed by atoms with Crippen LogP contribution >= 0.6 is 0 Å². The van der Waals surface area contributed by atoms with Crippen molar-refractivity contribution >= 4 is 11.8 Å². The van der Waals surface area contributed by atoms with E-state index in [2.05, 4.69) is 5.32 Å². The molecule has 1 heterocycles. The molecular weight excluding hydrogens is 268 g/mol. The maximum atomic E-state index is 12.8. The first-order valence-electron chi connectivity index (χ1n) is 8.20. The predicted molar refractivity (Wildman–Crippen MR) is 78.6 cm³/mol. The van der Waals surface area contributed by atoms with E-state index in [4.69, 9.17) is 4.74 Å². The molecule has 2 atom stereocenters. The minimum absolute atomic E-state index is 0.0632. The molecule has 3 rings (SSSR count).